The number of aryl methyl sites for hydroxylation is 1. The third kappa shape index (κ3) is 3.07. The zero-order chi connectivity index (χ0) is 13.9. The average molecular weight is 272 g/mol. The van der Waals surface area contributed by atoms with Gasteiger partial charge in [-0.15, -0.1) is 0 Å². The second kappa shape index (κ2) is 6.28. The lowest BCUT2D eigenvalue weighted by atomic mass is 9.91. The summed E-state index contributed by atoms with van der Waals surface area (Å²) in [6.07, 6.45) is 6.55. The number of benzene rings is 1. The third-order valence-electron chi connectivity index (χ3n) is 5.14. The van der Waals surface area contributed by atoms with Crippen LogP contribution in [0.5, 0.6) is 0 Å². The number of piperidine rings is 1. The summed E-state index contributed by atoms with van der Waals surface area (Å²) >= 11 is 0. The number of fused-ring (bicyclic) bond motifs is 1. The maximum Gasteiger partial charge on any atom is 0.0325 e. The summed E-state index contributed by atoms with van der Waals surface area (Å²) in [5.41, 5.74) is 3.14. The molecule has 3 rings (SSSR count). The molecule has 1 N–H and O–H groups in total. The topological polar surface area (TPSA) is 15.3 Å². The van der Waals surface area contributed by atoms with Gasteiger partial charge in [0.15, 0.2) is 0 Å². The molecule has 1 aromatic carbocycles. The van der Waals surface area contributed by atoms with Crippen molar-refractivity contribution in [3.05, 3.63) is 35.4 Å². The molecule has 0 aromatic heterocycles. The van der Waals surface area contributed by atoms with E-state index in [-0.39, 0.29) is 0 Å². The molecule has 3 atom stereocenters. The van der Waals surface area contributed by atoms with Crippen LogP contribution in [0.15, 0.2) is 24.3 Å². The van der Waals surface area contributed by atoms with Crippen LogP contribution in [-0.2, 0) is 6.42 Å². The Morgan fingerprint density at radius 1 is 1.15 bits per heavy atom. The Labute approximate surface area is 123 Å². The lowest BCUT2D eigenvalue weighted by molar-refractivity contribution is 0.164. The van der Waals surface area contributed by atoms with E-state index in [0.29, 0.717) is 12.1 Å². The number of nitrogens with zero attached hydrogens (tertiary/aromatic N) is 1. The molecule has 0 bridgehead atoms. The summed E-state index contributed by atoms with van der Waals surface area (Å²) in [7, 11) is 2.24. The van der Waals surface area contributed by atoms with Crippen LogP contribution in [0.25, 0.3) is 0 Å². The van der Waals surface area contributed by atoms with Gasteiger partial charge in [-0.3, -0.25) is 0 Å². The maximum atomic E-state index is 4.00. The van der Waals surface area contributed by atoms with Gasteiger partial charge in [0.1, 0.15) is 0 Å². The molecule has 2 heteroatoms. The lowest BCUT2D eigenvalue weighted by Gasteiger charge is -2.37. The van der Waals surface area contributed by atoms with Crippen LogP contribution in [0.4, 0.5) is 0 Å². The van der Waals surface area contributed by atoms with E-state index in [4.69, 9.17) is 0 Å². The van der Waals surface area contributed by atoms with Crippen molar-refractivity contribution in [1.82, 2.24) is 10.2 Å². The molecule has 0 saturated carbocycles. The Kier molecular flexibility index (Phi) is 4.42. The summed E-state index contributed by atoms with van der Waals surface area (Å²) < 4.78 is 0. The Morgan fingerprint density at radius 2 is 2.00 bits per heavy atom. The Morgan fingerprint density at radius 3 is 2.85 bits per heavy atom. The molecule has 1 saturated heterocycles. The zero-order valence-electron chi connectivity index (χ0n) is 12.9. The highest BCUT2D eigenvalue weighted by Gasteiger charge is 2.27. The van der Waals surface area contributed by atoms with Crippen LogP contribution in [0, 0.1) is 5.92 Å². The van der Waals surface area contributed by atoms with Crippen molar-refractivity contribution >= 4 is 0 Å². The van der Waals surface area contributed by atoms with Gasteiger partial charge in [0.25, 0.3) is 0 Å². The lowest BCUT2D eigenvalue weighted by Crippen LogP contribution is -2.48. The molecule has 1 heterocycles. The molecule has 20 heavy (non-hydrogen) atoms. The van der Waals surface area contributed by atoms with E-state index >= 15 is 0 Å². The first-order chi connectivity index (χ1) is 9.74. The SMILES string of the molecule is CC1CN(C)CCC1NC1CCCCc2ccccc21. The van der Waals surface area contributed by atoms with Gasteiger partial charge in [-0.1, -0.05) is 37.6 Å². The summed E-state index contributed by atoms with van der Waals surface area (Å²) in [5.74, 6) is 0.754. The summed E-state index contributed by atoms with van der Waals surface area (Å²) in [4.78, 5) is 2.46. The smallest absolute Gasteiger partial charge is 0.0325 e. The number of hydrogen-bond acceptors (Lipinski definition) is 2. The van der Waals surface area contributed by atoms with E-state index < -0.39 is 0 Å². The standard InChI is InChI=1S/C18H28N2/c1-14-13-20(2)12-11-17(14)19-18-10-6-4-8-15-7-3-5-9-16(15)18/h3,5,7,9,14,17-19H,4,6,8,10-13H2,1-2H3. The average Bonchev–Trinajstić information content (AvgIpc) is 2.65. The molecule has 0 amide bonds. The van der Waals surface area contributed by atoms with Crippen molar-refractivity contribution in [2.75, 3.05) is 20.1 Å². The molecular formula is C18H28N2. The molecular weight excluding hydrogens is 244 g/mol. The maximum absolute atomic E-state index is 4.00. The van der Waals surface area contributed by atoms with Gasteiger partial charge in [-0.2, -0.15) is 0 Å². The molecule has 1 aliphatic carbocycles. The van der Waals surface area contributed by atoms with Gasteiger partial charge in [-0.25, -0.2) is 0 Å². The van der Waals surface area contributed by atoms with Crippen molar-refractivity contribution in [2.45, 2.75) is 51.1 Å². The summed E-state index contributed by atoms with van der Waals surface area (Å²) in [6.45, 7) is 4.86. The Balaban J connectivity index is 1.73. The third-order valence-corrected chi connectivity index (χ3v) is 5.14. The van der Waals surface area contributed by atoms with Crippen molar-refractivity contribution in [3.8, 4) is 0 Å². The minimum atomic E-state index is 0.574. The summed E-state index contributed by atoms with van der Waals surface area (Å²) in [5, 5.41) is 4.00. The van der Waals surface area contributed by atoms with Crippen molar-refractivity contribution in [1.29, 1.82) is 0 Å². The van der Waals surface area contributed by atoms with Gasteiger partial charge in [0, 0.05) is 18.6 Å². The van der Waals surface area contributed by atoms with E-state index in [2.05, 4.69) is 48.5 Å². The fourth-order valence-corrected chi connectivity index (χ4v) is 3.95. The van der Waals surface area contributed by atoms with Crippen LogP contribution < -0.4 is 5.32 Å². The van der Waals surface area contributed by atoms with Crippen LogP contribution in [0.2, 0.25) is 0 Å². The van der Waals surface area contributed by atoms with Crippen LogP contribution in [0.3, 0.4) is 0 Å². The van der Waals surface area contributed by atoms with Gasteiger partial charge in [0.05, 0.1) is 0 Å². The van der Waals surface area contributed by atoms with Crippen molar-refractivity contribution in [3.63, 3.8) is 0 Å². The predicted octanol–water partition coefficient (Wildman–Crippen LogP) is 3.38. The largest absolute Gasteiger partial charge is 0.307 e. The van der Waals surface area contributed by atoms with Crippen molar-refractivity contribution in [2.24, 2.45) is 5.92 Å². The molecule has 2 nitrogen and oxygen atoms in total. The number of likely N-dealkylation sites (tertiary alicyclic amines) is 1. The molecule has 0 radical (unpaired) electrons. The normalized spacial score (nSPS) is 31.6. The predicted molar refractivity (Wildman–Crippen MR) is 84.9 cm³/mol. The van der Waals surface area contributed by atoms with Crippen LogP contribution in [-0.4, -0.2) is 31.1 Å². The van der Waals surface area contributed by atoms with Crippen molar-refractivity contribution < 1.29 is 0 Å². The molecule has 1 fully saturated rings. The molecule has 1 aliphatic heterocycles. The fourth-order valence-electron chi connectivity index (χ4n) is 3.95. The highest BCUT2D eigenvalue weighted by atomic mass is 15.1. The first-order valence-corrected chi connectivity index (χ1v) is 8.26. The highest BCUT2D eigenvalue weighted by molar-refractivity contribution is 5.31. The van der Waals surface area contributed by atoms with Crippen LogP contribution in [0.1, 0.15) is 49.8 Å². The second-order valence-electron chi connectivity index (χ2n) is 6.80. The van der Waals surface area contributed by atoms with E-state index in [1.54, 1.807) is 11.1 Å². The molecule has 110 valence electrons. The summed E-state index contributed by atoms with van der Waals surface area (Å²) in [6, 6.07) is 10.3. The first-order valence-electron chi connectivity index (χ1n) is 8.26. The minimum absolute atomic E-state index is 0.574. The Bertz CT molecular complexity index is 443. The fraction of sp³-hybridized carbons (Fsp3) is 0.667. The van der Waals surface area contributed by atoms with Crippen LogP contribution >= 0.6 is 0 Å². The van der Waals surface area contributed by atoms with Gasteiger partial charge in [-0.05, 0) is 56.3 Å². The van der Waals surface area contributed by atoms with E-state index in [1.807, 2.05) is 0 Å². The second-order valence-corrected chi connectivity index (χ2v) is 6.80. The molecule has 0 spiro atoms. The van der Waals surface area contributed by atoms with Gasteiger partial charge in [0.2, 0.25) is 0 Å². The Hall–Kier alpha value is -0.860. The zero-order valence-corrected chi connectivity index (χ0v) is 12.9. The number of rotatable bonds is 2. The quantitative estimate of drug-likeness (QED) is 0.830. The number of nitrogens with one attached hydrogen (secondary N) is 1. The van der Waals surface area contributed by atoms with E-state index in [1.165, 1.54) is 45.2 Å². The number of hydrogen-bond donors (Lipinski definition) is 1. The molecule has 2 aliphatic rings. The molecule has 1 aromatic rings. The van der Waals surface area contributed by atoms with Gasteiger partial charge < -0.3 is 10.2 Å². The first kappa shape index (κ1) is 14.1. The van der Waals surface area contributed by atoms with E-state index in [0.717, 1.165) is 5.92 Å². The highest BCUT2D eigenvalue weighted by Crippen LogP contribution is 2.30. The van der Waals surface area contributed by atoms with Gasteiger partial charge >= 0.3 is 0 Å². The minimum Gasteiger partial charge on any atom is -0.307 e. The monoisotopic (exact) mass is 272 g/mol. The van der Waals surface area contributed by atoms with E-state index in [9.17, 15) is 0 Å². The molecule has 3 unspecified atom stereocenters.